The van der Waals surface area contributed by atoms with E-state index in [-0.39, 0.29) is 12.7 Å². The van der Waals surface area contributed by atoms with E-state index in [4.69, 9.17) is 15.9 Å². The summed E-state index contributed by atoms with van der Waals surface area (Å²) < 4.78 is 12.0. The molecular formula is C12H11BrO2. The van der Waals surface area contributed by atoms with Gasteiger partial charge < -0.3 is 9.47 Å². The van der Waals surface area contributed by atoms with Crippen LogP contribution in [0.2, 0.25) is 0 Å². The Morgan fingerprint density at radius 1 is 1.53 bits per heavy atom. The highest BCUT2D eigenvalue weighted by molar-refractivity contribution is 9.10. The van der Waals surface area contributed by atoms with Gasteiger partial charge in [-0.15, -0.1) is 6.42 Å². The van der Waals surface area contributed by atoms with Crippen molar-refractivity contribution in [2.45, 2.75) is 18.8 Å². The van der Waals surface area contributed by atoms with Gasteiger partial charge in [-0.2, -0.15) is 0 Å². The van der Waals surface area contributed by atoms with Gasteiger partial charge in [-0.3, -0.25) is 0 Å². The largest absolute Gasteiger partial charge is 0.334 e. The molecule has 15 heavy (non-hydrogen) atoms. The number of hydrogen-bond acceptors (Lipinski definition) is 2. The van der Waals surface area contributed by atoms with E-state index in [2.05, 4.69) is 21.9 Å². The lowest BCUT2D eigenvalue weighted by molar-refractivity contribution is -0.0123. The summed E-state index contributed by atoms with van der Waals surface area (Å²) in [7, 11) is 0. The molecule has 3 heteroatoms. The molecule has 1 heterocycles. The average Bonchev–Trinajstić information content (AvgIpc) is 2.90. The van der Waals surface area contributed by atoms with Gasteiger partial charge in [0.2, 0.25) is 0 Å². The molecule has 2 nitrogen and oxygen atoms in total. The third-order valence-electron chi connectivity index (χ3n) is 2.39. The molecule has 2 rings (SSSR count). The first kappa shape index (κ1) is 10.7. The van der Waals surface area contributed by atoms with Gasteiger partial charge in [-0.05, 0) is 24.6 Å². The van der Waals surface area contributed by atoms with E-state index in [1.165, 1.54) is 0 Å². The molecule has 0 N–H and O–H groups in total. The standard InChI is InChI=1S/C12H11BrO2/c1-3-8-14-12(2)11(15-12)9-4-6-10(13)7-5-9/h1,4-7,11H,8H2,2H3/t11-,12-/m1/s1. The zero-order valence-electron chi connectivity index (χ0n) is 8.37. The molecule has 0 unspecified atom stereocenters. The number of terminal acetylenes is 1. The summed E-state index contributed by atoms with van der Waals surface area (Å²) in [4.78, 5) is 0. The molecule has 0 spiro atoms. The number of ether oxygens (including phenoxy) is 2. The summed E-state index contributed by atoms with van der Waals surface area (Å²) in [5.41, 5.74) is 1.11. The Bertz CT molecular complexity index is 393. The van der Waals surface area contributed by atoms with E-state index >= 15 is 0 Å². The number of benzene rings is 1. The van der Waals surface area contributed by atoms with Gasteiger partial charge in [-0.1, -0.05) is 34.0 Å². The monoisotopic (exact) mass is 266 g/mol. The molecule has 1 saturated heterocycles. The summed E-state index contributed by atoms with van der Waals surface area (Å²) >= 11 is 3.39. The molecule has 0 radical (unpaired) electrons. The van der Waals surface area contributed by atoms with Crippen LogP contribution in [0.4, 0.5) is 0 Å². The predicted molar refractivity (Wildman–Crippen MR) is 61.2 cm³/mol. The Kier molecular flexibility index (Phi) is 2.83. The third-order valence-corrected chi connectivity index (χ3v) is 2.91. The minimum atomic E-state index is -0.541. The van der Waals surface area contributed by atoms with Crippen LogP contribution in [-0.2, 0) is 9.47 Å². The van der Waals surface area contributed by atoms with E-state index in [0.717, 1.165) is 10.0 Å². The number of hydrogen-bond donors (Lipinski definition) is 0. The molecule has 0 aliphatic carbocycles. The highest BCUT2D eigenvalue weighted by Gasteiger charge is 2.54. The van der Waals surface area contributed by atoms with Crippen molar-refractivity contribution in [2.24, 2.45) is 0 Å². The quantitative estimate of drug-likeness (QED) is 0.620. The van der Waals surface area contributed by atoms with Crippen molar-refractivity contribution in [3.8, 4) is 12.3 Å². The van der Waals surface area contributed by atoms with Crippen molar-refractivity contribution >= 4 is 15.9 Å². The first-order chi connectivity index (χ1) is 7.15. The van der Waals surface area contributed by atoms with Crippen LogP contribution in [0.1, 0.15) is 18.6 Å². The highest BCUT2D eigenvalue weighted by atomic mass is 79.9. The van der Waals surface area contributed by atoms with Crippen molar-refractivity contribution in [3.63, 3.8) is 0 Å². The second-order valence-corrected chi connectivity index (χ2v) is 4.47. The van der Waals surface area contributed by atoms with Gasteiger partial charge in [0, 0.05) is 4.47 Å². The van der Waals surface area contributed by atoms with Gasteiger partial charge in [0.25, 0.3) is 0 Å². The SMILES string of the molecule is C#CCO[C@]1(C)O[C@@H]1c1ccc(Br)cc1. The first-order valence-electron chi connectivity index (χ1n) is 4.66. The van der Waals surface area contributed by atoms with Crippen LogP contribution < -0.4 is 0 Å². The van der Waals surface area contributed by atoms with Crippen LogP contribution >= 0.6 is 15.9 Å². The molecule has 1 aromatic rings. The summed E-state index contributed by atoms with van der Waals surface area (Å²) in [6.07, 6.45) is 5.13. The predicted octanol–water partition coefficient (Wildman–Crippen LogP) is 2.89. The van der Waals surface area contributed by atoms with Crippen molar-refractivity contribution in [2.75, 3.05) is 6.61 Å². The fraction of sp³-hybridized carbons (Fsp3) is 0.333. The van der Waals surface area contributed by atoms with E-state index in [9.17, 15) is 0 Å². The van der Waals surface area contributed by atoms with Gasteiger partial charge in [0.05, 0.1) is 0 Å². The lowest BCUT2D eigenvalue weighted by Gasteiger charge is -2.05. The minimum Gasteiger partial charge on any atom is -0.334 e. The summed E-state index contributed by atoms with van der Waals surface area (Å²) in [6, 6.07) is 8.00. The average molecular weight is 267 g/mol. The summed E-state index contributed by atoms with van der Waals surface area (Å²) in [5, 5.41) is 0. The van der Waals surface area contributed by atoms with E-state index in [1.807, 2.05) is 31.2 Å². The first-order valence-corrected chi connectivity index (χ1v) is 5.46. The smallest absolute Gasteiger partial charge is 0.198 e. The van der Waals surface area contributed by atoms with Crippen LogP contribution in [0.3, 0.4) is 0 Å². The topological polar surface area (TPSA) is 21.8 Å². The number of epoxide rings is 1. The third kappa shape index (κ3) is 2.23. The maximum absolute atomic E-state index is 5.50. The van der Waals surface area contributed by atoms with Crippen LogP contribution in [0, 0.1) is 12.3 Å². The zero-order valence-corrected chi connectivity index (χ0v) is 9.95. The number of rotatable bonds is 3. The van der Waals surface area contributed by atoms with Crippen LogP contribution in [-0.4, -0.2) is 12.4 Å². The molecule has 2 atom stereocenters. The molecule has 1 fully saturated rings. The van der Waals surface area contributed by atoms with Crippen LogP contribution in [0.5, 0.6) is 0 Å². The second kappa shape index (κ2) is 3.97. The van der Waals surface area contributed by atoms with E-state index in [0.29, 0.717) is 0 Å². The van der Waals surface area contributed by atoms with Crippen molar-refractivity contribution < 1.29 is 9.47 Å². The van der Waals surface area contributed by atoms with Gasteiger partial charge in [0.1, 0.15) is 12.7 Å². The lowest BCUT2D eigenvalue weighted by atomic mass is 10.1. The molecule has 0 bridgehead atoms. The lowest BCUT2D eigenvalue weighted by Crippen LogP contribution is -2.12. The number of halogens is 1. The van der Waals surface area contributed by atoms with E-state index in [1.54, 1.807) is 0 Å². The summed E-state index contributed by atoms with van der Waals surface area (Å²) in [6.45, 7) is 2.18. The normalized spacial score (nSPS) is 28.5. The molecule has 0 saturated carbocycles. The Morgan fingerprint density at radius 3 is 2.80 bits per heavy atom. The van der Waals surface area contributed by atoms with Crippen molar-refractivity contribution in [1.29, 1.82) is 0 Å². The molecular weight excluding hydrogens is 256 g/mol. The maximum atomic E-state index is 5.50. The Balaban J connectivity index is 2.04. The Morgan fingerprint density at radius 2 is 2.20 bits per heavy atom. The fourth-order valence-electron chi connectivity index (χ4n) is 1.50. The molecule has 1 aliphatic rings. The van der Waals surface area contributed by atoms with Gasteiger partial charge in [0.15, 0.2) is 5.79 Å². The van der Waals surface area contributed by atoms with Crippen LogP contribution in [0.25, 0.3) is 0 Å². The second-order valence-electron chi connectivity index (χ2n) is 3.56. The highest BCUT2D eigenvalue weighted by Crippen LogP contribution is 2.50. The molecule has 0 aromatic heterocycles. The maximum Gasteiger partial charge on any atom is 0.198 e. The summed E-state index contributed by atoms with van der Waals surface area (Å²) in [5.74, 6) is 1.89. The Hall–Kier alpha value is -0.820. The van der Waals surface area contributed by atoms with Crippen molar-refractivity contribution in [3.05, 3.63) is 34.3 Å². The van der Waals surface area contributed by atoms with Gasteiger partial charge >= 0.3 is 0 Å². The molecule has 78 valence electrons. The molecule has 1 aliphatic heterocycles. The molecule has 0 amide bonds. The zero-order chi connectivity index (χ0) is 10.9. The fourth-order valence-corrected chi connectivity index (χ4v) is 1.77. The van der Waals surface area contributed by atoms with E-state index < -0.39 is 5.79 Å². The minimum absolute atomic E-state index is 0.000972. The van der Waals surface area contributed by atoms with Crippen LogP contribution in [0.15, 0.2) is 28.7 Å². The van der Waals surface area contributed by atoms with Gasteiger partial charge in [-0.25, -0.2) is 0 Å². The van der Waals surface area contributed by atoms with Crippen molar-refractivity contribution in [1.82, 2.24) is 0 Å². The molecule has 1 aromatic carbocycles. The Labute approximate surface area is 97.7 Å².